The molecule has 1 fully saturated rings. The summed E-state index contributed by atoms with van der Waals surface area (Å²) in [5, 5.41) is 0. The Balaban J connectivity index is 1.78. The topological polar surface area (TPSA) is 46.8 Å². The van der Waals surface area contributed by atoms with E-state index >= 15 is 0 Å². The van der Waals surface area contributed by atoms with Crippen LogP contribution in [0.3, 0.4) is 0 Å². The smallest absolute Gasteiger partial charge is 0.122 e. The highest BCUT2D eigenvalue weighted by Gasteiger charge is 2.27. The maximum Gasteiger partial charge on any atom is 0.122 e. The normalized spacial score (nSPS) is 20.4. The molecule has 1 saturated heterocycles. The van der Waals surface area contributed by atoms with Gasteiger partial charge in [-0.1, -0.05) is 0 Å². The van der Waals surface area contributed by atoms with Gasteiger partial charge in [-0.15, -0.1) is 0 Å². The van der Waals surface area contributed by atoms with Crippen LogP contribution in [0.25, 0.3) is 0 Å². The SMILES string of the molecule is Cn1ccnc1CN1CCC[C@@H]1c1cnccn1. The highest BCUT2D eigenvalue weighted by molar-refractivity contribution is 5.06. The Morgan fingerprint density at radius 2 is 2.22 bits per heavy atom. The molecular formula is C13H17N5. The summed E-state index contributed by atoms with van der Waals surface area (Å²) in [6.07, 6.45) is 11.6. The van der Waals surface area contributed by atoms with Crippen LogP contribution < -0.4 is 0 Å². The fourth-order valence-corrected chi connectivity index (χ4v) is 2.56. The van der Waals surface area contributed by atoms with Gasteiger partial charge in [0.15, 0.2) is 0 Å². The molecule has 2 aromatic rings. The van der Waals surface area contributed by atoms with Gasteiger partial charge in [-0.05, 0) is 19.4 Å². The van der Waals surface area contributed by atoms with Crippen LogP contribution in [0.5, 0.6) is 0 Å². The summed E-state index contributed by atoms with van der Waals surface area (Å²) in [6.45, 7) is 1.98. The van der Waals surface area contributed by atoms with Crippen LogP contribution in [0.2, 0.25) is 0 Å². The number of rotatable bonds is 3. The maximum absolute atomic E-state index is 4.43. The molecule has 0 unspecified atom stereocenters. The molecule has 1 aliphatic rings. The van der Waals surface area contributed by atoms with Gasteiger partial charge in [-0.2, -0.15) is 0 Å². The van der Waals surface area contributed by atoms with E-state index in [1.54, 1.807) is 12.4 Å². The van der Waals surface area contributed by atoms with Crippen molar-refractivity contribution in [1.29, 1.82) is 0 Å². The van der Waals surface area contributed by atoms with E-state index in [9.17, 15) is 0 Å². The molecule has 0 saturated carbocycles. The van der Waals surface area contributed by atoms with Crippen molar-refractivity contribution in [1.82, 2.24) is 24.4 Å². The van der Waals surface area contributed by atoms with Crippen LogP contribution in [-0.2, 0) is 13.6 Å². The Morgan fingerprint density at radius 3 is 2.94 bits per heavy atom. The first kappa shape index (κ1) is 11.3. The standard InChI is InChI=1S/C13H17N5/c1-17-8-6-16-13(17)10-18-7-2-3-12(18)11-9-14-4-5-15-11/h4-6,8-9,12H,2-3,7,10H2,1H3/t12-/m1/s1. The van der Waals surface area contributed by atoms with Gasteiger partial charge in [0.05, 0.1) is 18.3 Å². The molecule has 0 aromatic carbocycles. The molecule has 0 amide bonds. The lowest BCUT2D eigenvalue weighted by Gasteiger charge is -2.23. The fourth-order valence-electron chi connectivity index (χ4n) is 2.56. The molecule has 1 aliphatic heterocycles. The van der Waals surface area contributed by atoms with Crippen molar-refractivity contribution in [2.45, 2.75) is 25.4 Å². The summed E-state index contributed by atoms with van der Waals surface area (Å²) in [5.41, 5.74) is 1.07. The number of aromatic nitrogens is 4. The van der Waals surface area contributed by atoms with Gasteiger partial charge in [-0.3, -0.25) is 14.9 Å². The summed E-state index contributed by atoms with van der Waals surface area (Å²) >= 11 is 0. The first-order valence-electron chi connectivity index (χ1n) is 6.31. The van der Waals surface area contributed by atoms with E-state index in [2.05, 4.69) is 24.4 Å². The molecule has 0 bridgehead atoms. The van der Waals surface area contributed by atoms with E-state index in [-0.39, 0.29) is 0 Å². The summed E-state index contributed by atoms with van der Waals surface area (Å²) in [7, 11) is 2.04. The number of hydrogen-bond donors (Lipinski definition) is 0. The third-order valence-electron chi connectivity index (χ3n) is 3.55. The van der Waals surface area contributed by atoms with Gasteiger partial charge in [0.25, 0.3) is 0 Å². The summed E-state index contributed by atoms with van der Waals surface area (Å²) in [4.78, 5) is 15.4. The summed E-state index contributed by atoms with van der Waals surface area (Å²) in [5.74, 6) is 1.10. The zero-order valence-electron chi connectivity index (χ0n) is 10.5. The molecule has 3 heterocycles. The maximum atomic E-state index is 4.43. The number of nitrogens with zero attached hydrogens (tertiary/aromatic N) is 5. The highest BCUT2D eigenvalue weighted by Crippen LogP contribution is 2.31. The van der Waals surface area contributed by atoms with E-state index in [4.69, 9.17) is 0 Å². The molecule has 1 atom stereocenters. The number of likely N-dealkylation sites (tertiary alicyclic amines) is 1. The van der Waals surface area contributed by atoms with E-state index in [1.165, 1.54) is 6.42 Å². The third kappa shape index (κ3) is 2.13. The minimum absolute atomic E-state index is 0.385. The monoisotopic (exact) mass is 243 g/mol. The van der Waals surface area contributed by atoms with Gasteiger partial charge in [0.1, 0.15) is 5.82 Å². The zero-order chi connectivity index (χ0) is 12.4. The van der Waals surface area contributed by atoms with Crippen molar-refractivity contribution >= 4 is 0 Å². The lowest BCUT2D eigenvalue weighted by atomic mass is 10.1. The van der Waals surface area contributed by atoms with Crippen molar-refractivity contribution < 1.29 is 0 Å². The molecule has 0 N–H and O–H groups in total. The Kier molecular flexibility index (Phi) is 3.06. The molecule has 2 aromatic heterocycles. The number of hydrogen-bond acceptors (Lipinski definition) is 4. The van der Waals surface area contributed by atoms with E-state index in [0.29, 0.717) is 6.04 Å². The van der Waals surface area contributed by atoms with Crippen LogP contribution in [0.1, 0.15) is 30.4 Å². The van der Waals surface area contributed by atoms with Crippen LogP contribution in [0, 0.1) is 0 Å². The van der Waals surface area contributed by atoms with Crippen molar-refractivity contribution in [3.8, 4) is 0 Å². The Morgan fingerprint density at radius 1 is 1.28 bits per heavy atom. The molecule has 0 spiro atoms. The molecule has 18 heavy (non-hydrogen) atoms. The average molecular weight is 243 g/mol. The second-order valence-electron chi connectivity index (χ2n) is 4.71. The van der Waals surface area contributed by atoms with Crippen LogP contribution >= 0.6 is 0 Å². The van der Waals surface area contributed by atoms with Gasteiger partial charge in [0.2, 0.25) is 0 Å². The lowest BCUT2D eigenvalue weighted by Crippen LogP contribution is -2.25. The predicted octanol–water partition coefficient (Wildman–Crippen LogP) is 1.55. The Labute approximate surface area is 107 Å². The second-order valence-corrected chi connectivity index (χ2v) is 4.71. The van der Waals surface area contributed by atoms with Gasteiger partial charge in [-0.25, -0.2) is 4.98 Å². The van der Waals surface area contributed by atoms with E-state index in [1.807, 2.05) is 25.6 Å². The zero-order valence-corrected chi connectivity index (χ0v) is 10.5. The van der Waals surface area contributed by atoms with E-state index < -0.39 is 0 Å². The van der Waals surface area contributed by atoms with Crippen LogP contribution in [-0.4, -0.2) is 31.0 Å². The number of aryl methyl sites for hydroxylation is 1. The van der Waals surface area contributed by atoms with Gasteiger partial charge in [0, 0.05) is 38.0 Å². The molecule has 0 aliphatic carbocycles. The third-order valence-corrected chi connectivity index (χ3v) is 3.55. The summed E-state index contributed by atoms with van der Waals surface area (Å²) < 4.78 is 2.08. The first-order valence-corrected chi connectivity index (χ1v) is 6.31. The molecule has 5 heteroatoms. The Bertz CT molecular complexity index is 507. The molecule has 0 radical (unpaired) electrons. The van der Waals surface area contributed by atoms with Crippen LogP contribution in [0.15, 0.2) is 31.0 Å². The van der Waals surface area contributed by atoms with E-state index in [0.717, 1.165) is 31.0 Å². The van der Waals surface area contributed by atoms with Crippen molar-refractivity contribution in [3.05, 3.63) is 42.5 Å². The molecule has 5 nitrogen and oxygen atoms in total. The lowest BCUT2D eigenvalue weighted by molar-refractivity contribution is 0.235. The highest BCUT2D eigenvalue weighted by atomic mass is 15.2. The molecule has 94 valence electrons. The quantitative estimate of drug-likeness (QED) is 0.820. The summed E-state index contributed by atoms with van der Waals surface area (Å²) in [6, 6.07) is 0.385. The Hall–Kier alpha value is -1.75. The molecule has 3 rings (SSSR count). The molecular weight excluding hydrogens is 226 g/mol. The fraction of sp³-hybridized carbons (Fsp3) is 0.462. The average Bonchev–Trinajstić information content (AvgIpc) is 3.01. The van der Waals surface area contributed by atoms with Gasteiger partial charge >= 0.3 is 0 Å². The predicted molar refractivity (Wildman–Crippen MR) is 67.6 cm³/mol. The first-order chi connectivity index (χ1) is 8.84. The minimum Gasteiger partial charge on any atom is -0.337 e. The van der Waals surface area contributed by atoms with Crippen molar-refractivity contribution in [3.63, 3.8) is 0 Å². The minimum atomic E-state index is 0.385. The van der Waals surface area contributed by atoms with Crippen molar-refractivity contribution in [2.24, 2.45) is 7.05 Å². The van der Waals surface area contributed by atoms with Gasteiger partial charge < -0.3 is 4.57 Å². The largest absolute Gasteiger partial charge is 0.337 e. The van der Waals surface area contributed by atoms with Crippen molar-refractivity contribution in [2.75, 3.05) is 6.54 Å². The second kappa shape index (κ2) is 4.86. The van der Waals surface area contributed by atoms with Crippen LogP contribution in [0.4, 0.5) is 0 Å². The number of imidazole rings is 1.